The molecule has 21 heavy (non-hydrogen) atoms. The number of amides is 1. The van der Waals surface area contributed by atoms with Gasteiger partial charge in [-0.3, -0.25) is 4.79 Å². The molecule has 1 fully saturated rings. The largest absolute Gasteiger partial charge is 0.496 e. The van der Waals surface area contributed by atoms with E-state index in [2.05, 4.69) is 0 Å². The lowest BCUT2D eigenvalue weighted by atomic mass is 10.1. The summed E-state index contributed by atoms with van der Waals surface area (Å²) in [5.41, 5.74) is 1.07. The molecule has 1 heterocycles. The first-order valence-corrected chi connectivity index (χ1v) is 8.34. The molecule has 1 aliphatic rings. The first kappa shape index (κ1) is 16.2. The smallest absolute Gasteiger partial charge is 0.233 e. The van der Waals surface area contributed by atoms with Gasteiger partial charge in [-0.25, -0.2) is 0 Å². The number of thioether (sulfide) groups is 1. The van der Waals surface area contributed by atoms with E-state index >= 15 is 0 Å². The first-order chi connectivity index (χ1) is 10.1. The Bertz CT molecular complexity index is 478. The van der Waals surface area contributed by atoms with E-state index in [0.29, 0.717) is 12.4 Å². The summed E-state index contributed by atoms with van der Waals surface area (Å²) in [5.74, 6) is 1.57. The fraction of sp³-hybridized carbons (Fsp3) is 0.562. The highest BCUT2D eigenvalue weighted by atomic mass is 32.2. The highest BCUT2D eigenvalue weighted by Crippen LogP contribution is 2.42. The average molecular weight is 309 g/mol. The third kappa shape index (κ3) is 4.14. The van der Waals surface area contributed by atoms with Gasteiger partial charge < -0.3 is 14.4 Å². The highest BCUT2D eigenvalue weighted by molar-refractivity contribution is 8.00. The van der Waals surface area contributed by atoms with Gasteiger partial charge in [-0.05, 0) is 26.3 Å². The predicted octanol–water partition coefficient (Wildman–Crippen LogP) is 3.08. The van der Waals surface area contributed by atoms with E-state index in [1.807, 2.05) is 43.0 Å². The van der Waals surface area contributed by atoms with Gasteiger partial charge in [-0.1, -0.05) is 18.2 Å². The van der Waals surface area contributed by atoms with Crippen LogP contribution in [0.3, 0.4) is 0 Å². The third-order valence-electron chi connectivity index (χ3n) is 3.37. The van der Waals surface area contributed by atoms with Gasteiger partial charge in [0.15, 0.2) is 0 Å². The molecule has 1 unspecified atom stereocenters. The van der Waals surface area contributed by atoms with E-state index < -0.39 is 0 Å². The Morgan fingerprint density at radius 3 is 2.86 bits per heavy atom. The van der Waals surface area contributed by atoms with Crippen LogP contribution in [0.4, 0.5) is 0 Å². The van der Waals surface area contributed by atoms with Crippen LogP contribution < -0.4 is 4.74 Å². The summed E-state index contributed by atoms with van der Waals surface area (Å²) in [6.07, 6.45) is 1.09. The van der Waals surface area contributed by atoms with Crippen LogP contribution in [-0.4, -0.2) is 42.9 Å². The van der Waals surface area contributed by atoms with Crippen molar-refractivity contribution >= 4 is 17.7 Å². The fourth-order valence-corrected chi connectivity index (χ4v) is 3.62. The number of hydrogen-bond acceptors (Lipinski definition) is 4. The molecule has 2 rings (SSSR count). The van der Waals surface area contributed by atoms with Gasteiger partial charge in [0.1, 0.15) is 11.1 Å². The summed E-state index contributed by atoms with van der Waals surface area (Å²) in [6, 6.07) is 7.91. The summed E-state index contributed by atoms with van der Waals surface area (Å²) in [5, 5.41) is 0.0488. The van der Waals surface area contributed by atoms with E-state index in [4.69, 9.17) is 9.47 Å². The molecule has 1 atom stereocenters. The van der Waals surface area contributed by atoms with Gasteiger partial charge in [0.05, 0.1) is 19.0 Å². The Morgan fingerprint density at radius 1 is 1.38 bits per heavy atom. The number of para-hydroxylation sites is 1. The second kappa shape index (κ2) is 7.71. The molecule has 1 amide bonds. The van der Waals surface area contributed by atoms with Gasteiger partial charge in [-0.2, -0.15) is 0 Å². The van der Waals surface area contributed by atoms with Gasteiger partial charge in [0.25, 0.3) is 0 Å². The maximum absolute atomic E-state index is 12.1. The van der Waals surface area contributed by atoms with Crippen molar-refractivity contribution in [2.45, 2.75) is 31.7 Å². The standard InChI is InChI=1S/C16H23NO3S/c1-12(2)20-10-6-9-17-15(18)11-21-16(17)13-7-4-5-8-14(13)19-3/h4-5,7-8,12,16H,6,9-11H2,1-3H3. The Kier molecular flexibility index (Phi) is 5.94. The Balaban J connectivity index is 2.02. The second-order valence-electron chi connectivity index (χ2n) is 5.27. The van der Waals surface area contributed by atoms with Crippen molar-refractivity contribution in [2.75, 3.05) is 26.0 Å². The second-order valence-corrected chi connectivity index (χ2v) is 6.33. The van der Waals surface area contributed by atoms with Crippen LogP contribution in [0.2, 0.25) is 0 Å². The van der Waals surface area contributed by atoms with Crippen LogP contribution in [0.5, 0.6) is 5.75 Å². The molecule has 0 spiro atoms. The zero-order valence-electron chi connectivity index (χ0n) is 12.9. The van der Waals surface area contributed by atoms with Crippen LogP contribution >= 0.6 is 11.8 Å². The number of nitrogens with zero attached hydrogens (tertiary/aromatic N) is 1. The third-order valence-corrected chi connectivity index (χ3v) is 4.61. The van der Waals surface area contributed by atoms with Crippen molar-refractivity contribution in [2.24, 2.45) is 0 Å². The van der Waals surface area contributed by atoms with Crippen LogP contribution in [0.25, 0.3) is 0 Å². The molecule has 1 aromatic carbocycles. The number of rotatable bonds is 7. The molecule has 116 valence electrons. The molecule has 0 radical (unpaired) electrons. The SMILES string of the molecule is COc1ccccc1C1SCC(=O)N1CCCOC(C)C. The molecule has 1 aromatic rings. The Hall–Kier alpha value is -1.20. The lowest BCUT2D eigenvalue weighted by molar-refractivity contribution is -0.128. The van der Waals surface area contributed by atoms with Crippen molar-refractivity contribution in [3.63, 3.8) is 0 Å². The molecule has 1 aliphatic heterocycles. The molecule has 1 saturated heterocycles. The number of hydrogen-bond donors (Lipinski definition) is 0. The molecule has 0 bridgehead atoms. The molecule has 5 heteroatoms. The van der Waals surface area contributed by atoms with E-state index in [1.165, 1.54) is 0 Å². The number of methoxy groups -OCH3 is 1. The van der Waals surface area contributed by atoms with E-state index in [9.17, 15) is 4.79 Å². The van der Waals surface area contributed by atoms with Gasteiger partial charge in [0, 0.05) is 18.7 Å². The first-order valence-electron chi connectivity index (χ1n) is 7.29. The molecule has 4 nitrogen and oxygen atoms in total. The van der Waals surface area contributed by atoms with Crippen molar-refractivity contribution in [1.29, 1.82) is 0 Å². The van der Waals surface area contributed by atoms with Gasteiger partial charge in [-0.15, -0.1) is 11.8 Å². The van der Waals surface area contributed by atoms with Crippen molar-refractivity contribution in [1.82, 2.24) is 4.90 Å². The number of carbonyl (C=O) groups excluding carboxylic acids is 1. The molecule has 0 N–H and O–H groups in total. The normalized spacial score (nSPS) is 18.6. The monoisotopic (exact) mass is 309 g/mol. The zero-order chi connectivity index (χ0) is 15.2. The Labute approximate surface area is 130 Å². The molecular formula is C16H23NO3S. The maximum Gasteiger partial charge on any atom is 0.233 e. The lowest BCUT2D eigenvalue weighted by Gasteiger charge is -2.25. The van der Waals surface area contributed by atoms with Crippen LogP contribution in [0.1, 0.15) is 31.2 Å². The van der Waals surface area contributed by atoms with Crippen molar-refractivity contribution < 1.29 is 14.3 Å². The minimum atomic E-state index is 0.0488. The lowest BCUT2D eigenvalue weighted by Crippen LogP contribution is -2.30. The quantitative estimate of drug-likeness (QED) is 0.726. The topological polar surface area (TPSA) is 38.8 Å². The Morgan fingerprint density at radius 2 is 2.14 bits per heavy atom. The average Bonchev–Trinajstić information content (AvgIpc) is 2.84. The number of carbonyl (C=O) groups is 1. The minimum absolute atomic E-state index is 0.0488. The van der Waals surface area contributed by atoms with E-state index in [0.717, 1.165) is 24.3 Å². The number of benzene rings is 1. The maximum atomic E-state index is 12.1. The predicted molar refractivity (Wildman–Crippen MR) is 85.6 cm³/mol. The molecule has 0 aromatic heterocycles. The van der Waals surface area contributed by atoms with Crippen LogP contribution in [-0.2, 0) is 9.53 Å². The summed E-state index contributed by atoms with van der Waals surface area (Å²) >= 11 is 1.66. The number of ether oxygens (including phenoxy) is 2. The molecular weight excluding hydrogens is 286 g/mol. The van der Waals surface area contributed by atoms with E-state index in [1.54, 1.807) is 18.9 Å². The van der Waals surface area contributed by atoms with E-state index in [-0.39, 0.29) is 17.4 Å². The summed E-state index contributed by atoms with van der Waals surface area (Å²) in [4.78, 5) is 14.0. The molecule has 0 saturated carbocycles. The zero-order valence-corrected chi connectivity index (χ0v) is 13.7. The fourth-order valence-electron chi connectivity index (χ4n) is 2.38. The minimum Gasteiger partial charge on any atom is -0.496 e. The van der Waals surface area contributed by atoms with Crippen molar-refractivity contribution in [3.8, 4) is 5.75 Å². The highest BCUT2D eigenvalue weighted by Gasteiger charge is 2.33. The molecule has 0 aliphatic carbocycles. The van der Waals surface area contributed by atoms with Gasteiger partial charge >= 0.3 is 0 Å². The van der Waals surface area contributed by atoms with Crippen LogP contribution in [0, 0.1) is 0 Å². The van der Waals surface area contributed by atoms with Crippen molar-refractivity contribution in [3.05, 3.63) is 29.8 Å². The summed E-state index contributed by atoms with van der Waals surface area (Å²) in [6.45, 7) is 5.45. The van der Waals surface area contributed by atoms with Gasteiger partial charge in [0.2, 0.25) is 5.91 Å². The van der Waals surface area contributed by atoms with Crippen LogP contribution in [0.15, 0.2) is 24.3 Å². The summed E-state index contributed by atoms with van der Waals surface area (Å²) in [7, 11) is 1.67. The summed E-state index contributed by atoms with van der Waals surface area (Å²) < 4.78 is 11.0.